The average molecular weight is 213 g/mol. The molecule has 80 valence electrons. The highest BCUT2D eigenvalue weighted by Crippen LogP contribution is 2.22. The van der Waals surface area contributed by atoms with Crippen molar-refractivity contribution in [2.24, 2.45) is 0 Å². The molecule has 14 heavy (non-hydrogen) atoms. The molecule has 0 saturated carbocycles. The van der Waals surface area contributed by atoms with Crippen LogP contribution in [0.5, 0.6) is 0 Å². The summed E-state index contributed by atoms with van der Waals surface area (Å²) in [7, 11) is 4.04. The fourth-order valence-electron chi connectivity index (χ4n) is 1.15. The zero-order valence-electron chi connectivity index (χ0n) is 9.37. The van der Waals surface area contributed by atoms with Crippen molar-refractivity contribution in [3.8, 4) is 0 Å². The first kappa shape index (κ1) is 11.5. The largest absolute Gasteiger partial charge is 0.354 e. The molecule has 4 heteroatoms. The van der Waals surface area contributed by atoms with Crippen LogP contribution in [-0.4, -0.2) is 25.6 Å². The molecule has 0 bridgehead atoms. The highest BCUT2D eigenvalue weighted by Gasteiger charge is 2.09. The lowest BCUT2D eigenvalue weighted by Crippen LogP contribution is -2.19. The molecule has 1 aromatic rings. The van der Waals surface area contributed by atoms with Gasteiger partial charge in [-0.25, -0.2) is 4.98 Å². The molecule has 1 aromatic heterocycles. The Labute approximate surface area is 90.2 Å². The summed E-state index contributed by atoms with van der Waals surface area (Å²) in [6, 6.07) is 0.361. The van der Waals surface area contributed by atoms with Crippen LogP contribution in [0.15, 0.2) is 5.38 Å². The van der Waals surface area contributed by atoms with Gasteiger partial charge in [-0.15, -0.1) is 11.3 Å². The number of thiazole rings is 1. The second-order valence-corrected chi connectivity index (χ2v) is 4.46. The number of hydrogen-bond donors (Lipinski definition) is 1. The Morgan fingerprint density at radius 2 is 2.29 bits per heavy atom. The minimum Gasteiger partial charge on any atom is -0.354 e. The van der Waals surface area contributed by atoms with Crippen LogP contribution in [0.2, 0.25) is 0 Å². The molecule has 3 nitrogen and oxygen atoms in total. The first-order chi connectivity index (χ1) is 6.65. The molecule has 0 aromatic carbocycles. The van der Waals surface area contributed by atoms with E-state index in [1.165, 1.54) is 0 Å². The summed E-state index contributed by atoms with van der Waals surface area (Å²) in [6.45, 7) is 5.38. The van der Waals surface area contributed by atoms with Gasteiger partial charge in [0.05, 0.1) is 5.69 Å². The van der Waals surface area contributed by atoms with Gasteiger partial charge in [-0.1, -0.05) is 6.92 Å². The van der Waals surface area contributed by atoms with Crippen LogP contribution in [0.25, 0.3) is 0 Å². The number of anilines is 1. The molecule has 1 atom stereocenters. The normalized spacial score (nSPS) is 12.9. The molecule has 0 saturated heterocycles. The monoisotopic (exact) mass is 213 g/mol. The molecule has 1 rings (SSSR count). The Balaban J connectivity index is 2.57. The van der Waals surface area contributed by atoms with Crippen molar-refractivity contribution in [3.63, 3.8) is 0 Å². The van der Waals surface area contributed by atoms with Crippen LogP contribution in [0.3, 0.4) is 0 Å². The summed E-state index contributed by atoms with van der Waals surface area (Å²) < 4.78 is 0. The Bertz CT molecular complexity index is 270. The highest BCUT2D eigenvalue weighted by molar-refractivity contribution is 7.13. The van der Waals surface area contributed by atoms with Gasteiger partial charge in [0.15, 0.2) is 5.13 Å². The van der Waals surface area contributed by atoms with Crippen molar-refractivity contribution < 1.29 is 0 Å². The molecule has 0 aliphatic heterocycles. The van der Waals surface area contributed by atoms with E-state index in [9.17, 15) is 0 Å². The fourth-order valence-corrected chi connectivity index (χ4v) is 2.00. The summed E-state index contributed by atoms with van der Waals surface area (Å²) in [5.41, 5.74) is 1.15. The third-order valence-electron chi connectivity index (χ3n) is 2.04. The summed E-state index contributed by atoms with van der Waals surface area (Å²) in [6.07, 6.45) is 1.16. The van der Waals surface area contributed by atoms with Crippen LogP contribution in [0.4, 0.5) is 5.13 Å². The van der Waals surface area contributed by atoms with E-state index in [-0.39, 0.29) is 0 Å². The van der Waals surface area contributed by atoms with Gasteiger partial charge in [-0.3, -0.25) is 0 Å². The van der Waals surface area contributed by atoms with Gasteiger partial charge in [0, 0.05) is 25.5 Å². The topological polar surface area (TPSA) is 28.2 Å². The predicted octanol–water partition coefficient (Wildman–Crippen LogP) is 2.27. The van der Waals surface area contributed by atoms with E-state index < -0.39 is 0 Å². The molecule has 1 N–H and O–H groups in total. The van der Waals surface area contributed by atoms with Gasteiger partial charge >= 0.3 is 0 Å². The quantitative estimate of drug-likeness (QED) is 0.813. The fraction of sp³-hybridized carbons (Fsp3) is 0.700. The first-order valence-corrected chi connectivity index (χ1v) is 5.89. The minimum absolute atomic E-state index is 0.361. The van der Waals surface area contributed by atoms with Gasteiger partial charge in [-0.05, 0) is 19.9 Å². The molecule has 1 heterocycles. The van der Waals surface area contributed by atoms with Crippen LogP contribution >= 0.6 is 11.3 Å². The number of aromatic nitrogens is 1. The number of hydrogen-bond acceptors (Lipinski definition) is 4. The van der Waals surface area contributed by atoms with E-state index in [0.29, 0.717) is 6.04 Å². The van der Waals surface area contributed by atoms with Gasteiger partial charge in [0.25, 0.3) is 0 Å². The minimum atomic E-state index is 0.361. The maximum absolute atomic E-state index is 4.54. The first-order valence-electron chi connectivity index (χ1n) is 5.01. The maximum Gasteiger partial charge on any atom is 0.185 e. The third kappa shape index (κ3) is 2.96. The predicted molar refractivity (Wildman–Crippen MR) is 63.1 cm³/mol. The molecule has 0 radical (unpaired) electrons. The zero-order chi connectivity index (χ0) is 10.6. The van der Waals surface area contributed by atoms with Gasteiger partial charge < -0.3 is 10.2 Å². The van der Waals surface area contributed by atoms with E-state index in [1.807, 2.05) is 19.0 Å². The third-order valence-corrected chi connectivity index (χ3v) is 3.06. The molecule has 1 unspecified atom stereocenters. The molecular weight excluding hydrogens is 194 g/mol. The Morgan fingerprint density at radius 1 is 1.57 bits per heavy atom. The van der Waals surface area contributed by atoms with E-state index in [2.05, 4.69) is 29.5 Å². The van der Waals surface area contributed by atoms with Crippen molar-refractivity contribution in [1.29, 1.82) is 0 Å². The van der Waals surface area contributed by atoms with Gasteiger partial charge in [0.2, 0.25) is 0 Å². The highest BCUT2D eigenvalue weighted by atomic mass is 32.1. The number of nitrogens with zero attached hydrogens (tertiary/aromatic N) is 2. The standard InChI is InChI=1S/C10H19N3S/c1-5-6-11-8(2)9-7-14-10(12-9)13(3)4/h7-8,11H,5-6H2,1-4H3. The summed E-state index contributed by atoms with van der Waals surface area (Å²) in [5, 5.41) is 6.63. The summed E-state index contributed by atoms with van der Waals surface area (Å²) in [4.78, 5) is 6.59. The van der Waals surface area contributed by atoms with E-state index in [0.717, 1.165) is 23.8 Å². The van der Waals surface area contributed by atoms with Crippen LogP contribution in [-0.2, 0) is 0 Å². The van der Waals surface area contributed by atoms with Crippen LogP contribution in [0, 0.1) is 0 Å². The van der Waals surface area contributed by atoms with Crippen molar-refractivity contribution in [2.45, 2.75) is 26.3 Å². The van der Waals surface area contributed by atoms with Crippen LogP contribution < -0.4 is 10.2 Å². The molecule has 0 aliphatic carbocycles. The van der Waals surface area contributed by atoms with Gasteiger partial charge in [0.1, 0.15) is 0 Å². The number of rotatable bonds is 5. The van der Waals surface area contributed by atoms with Gasteiger partial charge in [-0.2, -0.15) is 0 Å². The lowest BCUT2D eigenvalue weighted by Gasteiger charge is -2.10. The van der Waals surface area contributed by atoms with Crippen molar-refractivity contribution in [3.05, 3.63) is 11.1 Å². The Kier molecular flexibility index (Phi) is 4.35. The molecule has 0 amide bonds. The second kappa shape index (κ2) is 5.32. The maximum atomic E-state index is 4.54. The van der Waals surface area contributed by atoms with Crippen molar-refractivity contribution in [1.82, 2.24) is 10.3 Å². The summed E-state index contributed by atoms with van der Waals surface area (Å²) in [5.74, 6) is 0. The molecular formula is C10H19N3S. The van der Waals surface area contributed by atoms with E-state index in [1.54, 1.807) is 11.3 Å². The number of nitrogens with one attached hydrogen (secondary N) is 1. The van der Waals surface area contributed by atoms with E-state index >= 15 is 0 Å². The Morgan fingerprint density at radius 3 is 2.79 bits per heavy atom. The summed E-state index contributed by atoms with van der Waals surface area (Å²) >= 11 is 1.69. The Hall–Kier alpha value is -0.610. The van der Waals surface area contributed by atoms with Crippen molar-refractivity contribution in [2.75, 3.05) is 25.5 Å². The van der Waals surface area contributed by atoms with Crippen molar-refractivity contribution >= 4 is 16.5 Å². The molecule has 0 spiro atoms. The molecule has 0 aliphatic rings. The molecule has 0 fully saturated rings. The lowest BCUT2D eigenvalue weighted by molar-refractivity contribution is 0.561. The lowest BCUT2D eigenvalue weighted by atomic mass is 10.2. The average Bonchev–Trinajstić information content (AvgIpc) is 2.62. The second-order valence-electron chi connectivity index (χ2n) is 3.63. The van der Waals surface area contributed by atoms with Crippen LogP contribution in [0.1, 0.15) is 32.0 Å². The SMILES string of the molecule is CCCNC(C)c1csc(N(C)C)n1. The zero-order valence-corrected chi connectivity index (χ0v) is 10.2. The smallest absolute Gasteiger partial charge is 0.185 e. The van der Waals surface area contributed by atoms with E-state index in [4.69, 9.17) is 0 Å².